The van der Waals surface area contributed by atoms with Crippen molar-refractivity contribution in [3.8, 4) is 11.5 Å². The maximum Gasteiger partial charge on any atom is 0.302 e. The maximum absolute atomic E-state index is 12.1. The number of methoxy groups -OCH3 is 1. The van der Waals surface area contributed by atoms with E-state index in [1.807, 2.05) is 6.07 Å². The lowest BCUT2D eigenvalue weighted by Crippen LogP contribution is -2.52. The van der Waals surface area contributed by atoms with Crippen molar-refractivity contribution >= 4 is 11.9 Å². The smallest absolute Gasteiger partial charge is 0.302 e. The molecule has 1 aromatic rings. The standard InChI is InChI=1S/C25H39NO7/c1-5-6-7-8-20(32-17(2)27)14-23(33-18(3)28)25(11-12-26-24(30)16-25)15-19-9-10-21(29)22(13-19)31-4/h9-10,13,20,23-24,26,29-30H,5-8,11-12,14-16H2,1-4H3/t20-,23-,24-,25+/m1/s1. The van der Waals surface area contributed by atoms with E-state index in [-0.39, 0.29) is 17.8 Å². The van der Waals surface area contributed by atoms with Crippen LogP contribution in [0.25, 0.3) is 0 Å². The molecule has 0 aliphatic carbocycles. The molecule has 0 bridgehead atoms. The fourth-order valence-electron chi connectivity index (χ4n) is 4.80. The molecule has 33 heavy (non-hydrogen) atoms. The Kier molecular flexibility index (Phi) is 10.4. The van der Waals surface area contributed by atoms with Gasteiger partial charge in [-0.25, -0.2) is 0 Å². The summed E-state index contributed by atoms with van der Waals surface area (Å²) >= 11 is 0. The number of aliphatic hydroxyl groups excluding tert-OH is 1. The third-order valence-electron chi connectivity index (χ3n) is 6.33. The molecule has 1 aliphatic heterocycles. The van der Waals surface area contributed by atoms with Crippen LogP contribution in [0.3, 0.4) is 0 Å². The third-order valence-corrected chi connectivity index (χ3v) is 6.33. The number of hydrogen-bond donors (Lipinski definition) is 3. The molecule has 1 fully saturated rings. The highest BCUT2D eigenvalue weighted by molar-refractivity contribution is 5.66. The van der Waals surface area contributed by atoms with Crippen LogP contribution in [-0.4, -0.2) is 54.2 Å². The summed E-state index contributed by atoms with van der Waals surface area (Å²) in [5.74, 6) is -0.367. The van der Waals surface area contributed by atoms with Crippen LogP contribution >= 0.6 is 0 Å². The molecule has 1 aromatic carbocycles. The number of carbonyl (C=O) groups is 2. The molecule has 4 atom stereocenters. The first-order valence-electron chi connectivity index (χ1n) is 11.8. The van der Waals surface area contributed by atoms with Crippen LogP contribution < -0.4 is 10.1 Å². The van der Waals surface area contributed by atoms with Gasteiger partial charge in [-0.05, 0) is 56.3 Å². The van der Waals surface area contributed by atoms with E-state index in [1.54, 1.807) is 12.1 Å². The zero-order chi connectivity index (χ0) is 24.4. The Morgan fingerprint density at radius 3 is 2.55 bits per heavy atom. The van der Waals surface area contributed by atoms with E-state index in [2.05, 4.69) is 12.2 Å². The van der Waals surface area contributed by atoms with Crippen LogP contribution in [0.1, 0.15) is 71.3 Å². The lowest BCUT2D eigenvalue weighted by Gasteiger charge is -2.45. The van der Waals surface area contributed by atoms with Crippen molar-refractivity contribution in [2.75, 3.05) is 13.7 Å². The quantitative estimate of drug-likeness (QED) is 0.318. The van der Waals surface area contributed by atoms with Crippen molar-refractivity contribution < 1.29 is 34.0 Å². The van der Waals surface area contributed by atoms with Crippen molar-refractivity contribution in [3.63, 3.8) is 0 Å². The maximum atomic E-state index is 12.1. The summed E-state index contributed by atoms with van der Waals surface area (Å²) < 4.78 is 16.7. The normalized spacial score (nSPS) is 22.3. The van der Waals surface area contributed by atoms with Gasteiger partial charge >= 0.3 is 11.9 Å². The Balaban J connectivity index is 2.39. The van der Waals surface area contributed by atoms with Gasteiger partial charge in [0, 0.05) is 25.7 Å². The Hall–Kier alpha value is -2.32. The van der Waals surface area contributed by atoms with Crippen molar-refractivity contribution in [1.29, 1.82) is 0 Å². The number of hydrogen-bond acceptors (Lipinski definition) is 8. The number of piperidine rings is 1. The van der Waals surface area contributed by atoms with Crippen molar-refractivity contribution in [2.45, 2.75) is 90.6 Å². The molecular formula is C25H39NO7. The number of unbranched alkanes of at least 4 members (excludes halogenated alkanes) is 2. The molecule has 0 unspecified atom stereocenters. The van der Waals surface area contributed by atoms with Crippen LogP contribution in [0.2, 0.25) is 0 Å². The summed E-state index contributed by atoms with van der Waals surface area (Å²) in [5, 5.41) is 23.5. The summed E-state index contributed by atoms with van der Waals surface area (Å²) in [4.78, 5) is 23.9. The van der Waals surface area contributed by atoms with Crippen LogP contribution in [0.15, 0.2) is 18.2 Å². The van der Waals surface area contributed by atoms with Gasteiger partial charge in [0.1, 0.15) is 18.4 Å². The average Bonchev–Trinajstić information content (AvgIpc) is 2.74. The van der Waals surface area contributed by atoms with Gasteiger partial charge in [0.15, 0.2) is 11.5 Å². The molecule has 0 spiro atoms. The molecule has 0 aromatic heterocycles. The Labute approximate surface area is 196 Å². The Bertz CT molecular complexity index is 784. The van der Waals surface area contributed by atoms with Crippen LogP contribution in [0, 0.1) is 5.41 Å². The van der Waals surface area contributed by atoms with Gasteiger partial charge in [-0.1, -0.05) is 25.8 Å². The van der Waals surface area contributed by atoms with E-state index >= 15 is 0 Å². The number of phenols is 1. The third kappa shape index (κ3) is 8.19. The molecule has 0 radical (unpaired) electrons. The van der Waals surface area contributed by atoms with Gasteiger partial charge in [-0.15, -0.1) is 0 Å². The average molecular weight is 466 g/mol. The summed E-state index contributed by atoms with van der Waals surface area (Å²) in [6.45, 7) is 5.43. The van der Waals surface area contributed by atoms with Gasteiger partial charge in [-0.3, -0.25) is 14.9 Å². The number of benzene rings is 1. The number of nitrogens with one attached hydrogen (secondary N) is 1. The van der Waals surface area contributed by atoms with Gasteiger partial charge < -0.3 is 24.4 Å². The zero-order valence-electron chi connectivity index (χ0n) is 20.3. The fraction of sp³-hybridized carbons (Fsp3) is 0.680. The molecule has 1 heterocycles. The summed E-state index contributed by atoms with van der Waals surface area (Å²) in [6, 6.07) is 5.15. The molecule has 3 N–H and O–H groups in total. The molecule has 8 nitrogen and oxygen atoms in total. The lowest BCUT2D eigenvalue weighted by molar-refractivity contribution is -0.165. The number of ether oxygens (including phenoxy) is 3. The SMILES string of the molecule is CCCCC[C@H](C[C@@H](OC(C)=O)[C@]1(Cc2ccc(O)c(OC)c2)CCN[C@H](O)C1)OC(C)=O. The van der Waals surface area contributed by atoms with Crippen LogP contribution in [0.4, 0.5) is 0 Å². The van der Waals surface area contributed by atoms with Gasteiger partial charge in [0.05, 0.1) is 7.11 Å². The Morgan fingerprint density at radius 1 is 1.21 bits per heavy atom. The highest BCUT2D eigenvalue weighted by atomic mass is 16.6. The second-order valence-electron chi connectivity index (χ2n) is 9.03. The van der Waals surface area contributed by atoms with E-state index in [0.29, 0.717) is 44.4 Å². The first-order valence-corrected chi connectivity index (χ1v) is 11.8. The van der Waals surface area contributed by atoms with E-state index in [9.17, 15) is 19.8 Å². The lowest BCUT2D eigenvalue weighted by atomic mass is 9.68. The van der Waals surface area contributed by atoms with E-state index in [1.165, 1.54) is 21.0 Å². The van der Waals surface area contributed by atoms with Crippen molar-refractivity contribution in [3.05, 3.63) is 23.8 Å². The minimum atomic E-state index is -0.747. The molecule has 0 amide bonds. The summed E-state index contributed by atoms with van der Waals surface area (Å²) in [7, 11) is 1.49. The zero-order valence-corrected chi connectivity index (χ0v) is 20.3. The molecular weight excluding hydrogens is 426 g/mol. The second-order valence-corrected chi connectivity index (χ2v) is 9.03. The monoisotopic (exact) mass is 465 g/mol. The molecule has 1 saturated heterocycles. The van der Waals surface area contributed by atoms with Crippen molar-refractivity contribution in [2.24, 2.45) is 5.41 Å². The highest BCUT2D eigenvalue weighted by Gasteiger charge is 2.45. The van der Waals surface area contributed by atoms with Gasteiger partial charge in [0.25, 0.3) is 0 Å². The van der Waals surface area contributed by atoms with Crippen molar-refractivity contribution in [1.82, 2.24) is 5.32 Å². The fourth-order valence-corrected chi connectivity index (χ4v) is 4.80. The minimum Gasteiger partial charge on any atom is -0.504 e. The number of rotatable bonds is 12. The minimum absolute atomic E-state index is 0.0445. The number of aliphatic hydroxyl groups is 1. The van der Waals surface area contributed by atoms with Gasteiger partial charge in [-0.2, -0.15) is 0 Å². The first kappa shape index (κ1) is 26.9. The summed E-state index contributed by atoms with van der Waals surface area (Å²) in [5.41, 5.74) is 0.313. The predicted octanol–water partition coefficient (Wildman–Crippen LogP) is 3.47. The molecule has 1 aliphatic rings. The van der Waals surface area contributed by atoms with E-state index < -0.39 is 23.7 Å². The van der Waals surface area contributed by atoms with Crippen LogP contribution in [0.5, 0.6) is 11.5 Å². The number of esters is 2. The largest absolute Gasteiger partial charge is 0.504 e. The number of aromatic hydroxyl groups is 1. The van der Waals surface area contributed by atoms with E-state index in [4.69, 9.17) is 14.2 Å². The first-order chi connectivity index (χ1) is 15.7. The van der Waals surface area contributed by atoms with Crippen LogP contribution in [-0.2, 0) is 25.5 Å². The van der Waals surface area contributed by atoms with Gasteiger partial charge in [0.2, 0.25) is 0 Å². The summed E-state index contributed by atoms with van der Waals surface area (Å²) in [6.07, 6.45) is 3.89. The number of carbonyl (C=O) groups excluding carboxylic acids is 2. The number of phenolic OH excluding ortho intramolecular Hbond substituents is 1. The second kappa shape index (κ2) is 12.8. The molecule has 0 saturated carbocycles. The molecule has 2 rings (SSSR count). The molecule has 8 heteroatoms. The predicted molar refractivity (Wildman–Crippen MR) is 124 cm³/mol. The topological polar surface area (TPSA) is 114 Å². The highest BCUT2D eigenvalue weighted by Crippen LogP contribution is 2.43. The molecule has 186 valence electrons. The van der Waals surface area contributed by atoms with E-state index in [0.717, 1.165) is 24.8 Å². The Morgan fingerprint density at radius 2 is 1.94 bits per heavy atom.